The summed E-state index contributed by atoms with van der Waals surface area (Å²) in [4.78, 5) is 20.8. The number of hydrogen-bond donors (Lipinski definition) is 1. The van der Waals surface area contributed by atoms with E-state index < -0.39 is 5.97 Å². The van der Waals surface area contributed by atoms with Crippen molar-refractivity contribution >= 4 is 23.5 Å². The van der Waals surface area contributed by atoms with Crippen LogP contribution < -0.4 is 4.90 Å². The van der Waals surface area contributed by atoms with Gasteiger partial charge in [-0.25, -0.2) is 9.97 Å². The van der Waals surface area contributed by atoms with Gasteiger partial charge in [0, 0.05) is 12.1 Å². The highest BCUT2D eigenvalue weighted by Gasteiger charge is 2.31. The second-order valence-corrected chi connectivity index (χ2v) is 4.50. The molecule has 86 valence electrons. The van der Waals surface area contributed by atoms with E-state index in [9.17, 15) is 4.79 Å². The van der Waals surface area contributed by atoms with Crippen LogP contribution in [-0.2, 0) is 4.79 Å². The summed E-state index contributed by atoms with van der Waals surface area (Å²) in [5.74, 6) is -0.111. The van der Waals surface area contributed by atoms with Crippen molar-refractivity contribution in [3.8, 4) is 0 Å². The Hall–Kier alpha value is -1.30. The lowest BCUT2D eigenvalue weighted by molar-refractivity contribution is -0.135. The van der Waals surface area contributed by atoms with E-state index in [2.05, 4.69) is 9.97 Å². The number of thioether (sulfide) groups is 1. The van der Waals surface area contributed by atoms with E-state index in [0.717, 1.165) is 17.9 Å². The number of aliphatic carboxylic acids is 1. The van der Waals surface area contributed by atoms with Gasteiger partial charge in [-0.3, -0.25) is 4.79 Å². The molecular formula is C10H13N3O2S. The van der Waals surface area contributed by atoms with E-state index in [1.54, 1.807) is 0 Å². The van der Waals surface area contributed by atoms with E-state index in [1.807, 2.05) is 17.2 Å². The van der Waals surface area contributed by atoms with Crippen LogP contribution in [0.2, 0.25) is 0 Å². The zero-order valence-corrected chi connectivity index (χ0v) is 9.78. The molecule has 1 aromatic rings. The van der Waals surface area contributed by atoms with Crippen LogP contribution in [0.3, 0.4) is 0 Å². The van der Waals surface area contributed by atoms with Gasteiger partial charge in [0.25, 0.3) is 0 Å². The van der Waals surface area contributed by atoms with Gasteiger partial charge in [-0.1, -0.05) is 0 Å². The average Bonchev–Trinajstić information content (AvgIpc) is 3.09. The molecule has 0 amide bonds. The largest absolute Gasteiger partial charge is 0.480 e. The number of rotatable bonds is 5. The molecule has 1 aromatic heterocycles. The number of anilines is 1. The first-order valence-electron chi connectivity index (χ1n) is 5.05. The molecule has 2 rings (SSSR count). The average molecular weight is 239 g/mol. The lowest BCUT2D eigenvalue weighted by Gasteiger charge is -2.21. The Morgan fingerprint density at radius 1 is 1.62 bits per heavy atom. The van der Waals surface area contributed by atoms with Crippen LogP contribution in [0.4, 0.5) is 5.82 Å². The zero-order valence-electron chi connectivity index (χ0n) is 8.96. The number of carbonyl (C=O) groups is 1. The van der Waals surface area contributed by atoms with Crippen molar-refractivity contribution in [3.05, 3.63) is 12.4 Å². The van der Waals surface area contributed by atoms with Gasteiger partial charge in [0.15, 0.2) is 0 Å². The van der Waals surface area contributed by atoms with Gasteiger partial charge in [0.1, 0.15) is 23.7 Å². The van der Waals surface area contributed by atoms with Gasteiger partial charge in [0.2, 0.25) is 0 Å². The van der Waals surface area contributed by atoms with Gasteiger partial charge < -0.3 is 10.0 Å². The minimum Gasteiger partial charge on any atom is -0.480 e. The van der Waals surface area contributed by atoms with Crippen molar-refractivity contribution in [3.63, 3.8) is 0 Å². The summed E-state index contributed by atoms with van der Waals surface area (Å²) in [6.07, 6.45) is 5.51. The molecule has 0 unspecified atom stereocenters. The summed E-state index contributed by atoms with van der Waals surface area (Å²) >= 11 is 1.53. The molecule has 0 aromatic carbocycles. The Morgan fingerprint density at radius 3 is 2.94 bits per heavy atom. The molecule has 1 aliphatic carbocycles. The molecule has 16 heavy (non-hydrogen) atoms. The molecule has 0 radical (unpaired) electrons. The third kappa shape index (κ3) is 2.63. The fraction of sp³-hybridized carbons (Fsp3) is 0.500. The fourth-order valence-corrected chi connectivity index (χ4v) is 1.90. The molecule has 6 heteroatoms. The lowest BCUT2D eigenvalue weighted by Crippen LogP contribution is -2.32. The summed E-state index contributed by atoms with van der Waals surface area (Å²) in [5, 5.41) is 9.72. The molecule has 1 saturated carbocycles. The molecule has 1 aliphatic rings. The monoisotopic (exact) mass is 239 g/mol. The Morgan fingerprint density at radius 2 is 2.38 bits per heavy atom. The van der Waals surface area contributed by atoms with Crippen LogP contribution >= 0.6 is 11.8 Å². The molecule has 5 nitrogen and oxygen atoms in total. The third-order valence-corrected chi connectivity index (χ3v) is 3.07. The first-order valence-corrected chi connectivity index (χ1v) is 6.27. The number of carboxylic acid groups (broad SMARTS) is 1. The normalized spacial score (nSPS) is 14.8. The second-order valence-electron chi connectivity index (χ2n) is 3.67. The molecular weight excluding hydrogens is 226 g/mol. The van der Waals surface area contributed by atoms with Crippen molar-refractivity contribution in [1.29, 1.82) is 0 Å². The summed E-state index contributed by atoms with van der Waals surface area (Å²) in [6.45, 7) is 0.00943. The summed E-state index contributed by atoms with van der Waals surface area (Å²) < 4.78 is 0. The van der Waals surface area contributed by atoms with E-state index >= 15 is 0 Å². The van der Waals surface area contributed by atoms with Crippen LogP contribution in [-0.4, -0.2) is 39.9 Å². The minimum absolute atomic E-state index is 0.00943. The smallest absolute Gasteiger partial charge is 0.323 e. The van der Waals surface area contributed by atoms with Crippen LogP contribution in [0, 0.1) is 0 Å². The predicted octanol–water partition coefficient (Wildman–Crippen LogP) is 1.25. The third-order valence-electron chi connectivity index (χ3n) is 2.42. The van der Waals surface area contributed by atoms with E-state index in [0.29, 0.717) is 11.9 Å². The van der Waals surface area contributed by atoms with Crippen LogP contribution in [0.15, 0.2) is 17.4 Å². The second kappa shape index (κ2) is 4.69. The van der Waals surface area contributed by atoms with Gasteiger partial charge in [-0.05, 0) is 19.1 Å². The van der Waals surface area contributed by atoms with Crippen molar-refractivity contribution in [2.75, 3.05) is 17.7 Å². The first kappa shape index (κ1) is 11.2. The topological polar surface area (TPSA) is 66.3 Å². The lowest BCUT2D eigenvalue weighted by atomic mass is 10.4. The maximum Gasteiger partial charge on any atom is 0.323 e. The molecule has 1 N–H and O–H groups in total. The number of hydrogen-bond acceptors (Lipinski definition) is 5. The van der Waals surface area contributed by atoms with E-state index in [4.69, 9.17) is 5.11 Å². The van der Waals surface area contributed by atoms with Crippen molar-refractivity contribution < 1.29 is 9.90 Å². The SMILES string of the molecule is CSc1cc(N(CC(=O)O)C2CC2)ncn1. The maximum atomic E-state index is 10.8. The molecule has 0 aliphatic heterocycles. The molecule has 0 atom stereocenters. The standard InChI is InChI=1S/C10H13N3O2S/c1-16-9-4-8(11-6-12-9)13(5-10(14)15)7-2-3-7/h4,6-7H,2-3,5H2,1H3,(H,14,15). The highest BCUT2D eigenvalue weighted by Crippen LogP contribution is 2.31. The first-order chi connectivity index (χ1) is 7.70. The van der Waals surface area contributed by atoms with Crippen LogP contribution in [0.1, 0.15) is 12.8 Å². The highest BCUT2D eigenvalue weighted by molar-refractivity contribution is 7.98. The maximum absolute atomic E-state index is 10.8. The minimum atomic E-state index is -0.823. The highest BCUT2D eigenvalue weighted by atomic mass is 32.2. The molecule has 0 bridgehead atoms. The van der Waals surface area contributed by atoms with E-state index in [-0.39, 0.29) is 6.54 Å². The van der Waals surface area contributed by atoms with E-state index in [1.165, 1.54) is 18.1 Å². The molecule has 0 saturated heterocycles. The molecule has 1 fully saturated rings. The number of nitrogens with zero attached hydrogens (tertiary/aromatic N) is 3. The fourth-order valence-electron chi connectivity index (χ4n) is 1.53. The quantitative estimate of drug-likeness (QED) is 0.616. The Kier molecular flexibility index (Phi) is 3.28. The molecule has 1 heterocycles. The number of carboxylic acids is 1. The molecule has 0 spiro atoms. The van der Waals surface area contributed by atoms with Crippen LogP contribution in [0.5, 0.6) is 0 Å². The Bertz CT molecular complexity index is 395. The van der Waals surface area contributed by atoms with Gasteiger partial charge in [-0.2, -0.15) is 0 Å². The number of aromatic nitrogens is 2. The van der Waals surface area contributed by atoms with Crippen molar-refractivity contribution in [2.45, 2.75) is 23.9 Å². The Balaban J connectivity index is 2.20. The van der Waals surface area contributed by atoms with Crippen molar-refractivity contribution in [2.24, 2.45) is 0 Å². The van der Waals surface area contributed by atoms with Gasteiger partial charge >= 0.3 is 5.97 Å². The summed E-state index contributed by atoms with van der Waals surface area (Å²) in [7, 11) is 0. The van der Waals surface area contributed by atoms with Crippen LogP contribution in [0.25, 0.3) is 0 Å². The Labute approximate surface area is 97.9 Å². The predicted molar refractivity (Wildman–Crippen MR) is 61.8 cm³/mol. The van der Waals surface area contributed by atoms with Crippen molar-refractivity contribution in [1.82, 2.24) is 9.97 Å². The van der Waals surface area contributed by atoms with Gasteiger partial charge in [0.05, 0.1) is 0 Å². The zero-order chi connectivity index (χ0) is 11.5. The van der Waals surface area contributed by atoms with Gasteiger partial charge in [-0.15, -0.1) is 11.8 Å². The summed E-state index contributed by atoms with van der Waals surface area (Å²) in [5.41, 5.74) is 0. The summed E-state index contributed by atoms with van der Waals surface area (Å²) in [6, 6.07) is 2.17.